The molecule has 3 heterocycles. The van der Waals surface area contributed by atoms with Crippen LogP contribution in [0.2, 0.25) is 5.02 Å². The maximum absolute atomic E-state index is 12.9. The van der Waals surface area contributed by atoms with Crippen LogP contribution in [0.3, 0.4) is 0 Å². The number of carbonyl (C=O) groups excluding carboxylic acids is 1. The van der Waals surface area contributed by atoms with Gasteiger partial charge in [0.1, 0.15) is 11.3 Å². The third-order valence-corrected chi connectivity index (χ3v) is 3.51. The maximum Gasteiger partial charge on any atom is 0.163 e. The van der Waals surface area contributed by atoms with E-state index in [1.165, 1.54) is 13.0 Å². The van der Waals surface area contributed by atoms with E-state index in [0.717, 1.165) is 6.20 Å². The van der Waals surface area contributed by atoms with E-state index < -0.39 is 0 Å². The molecule has 0 bridgehead atoms. The first kappa shape index (κ1) is 13.7. The van der Waals surface area contributed by atoms with E-state index in [1.807, 2.05) is 4.57 Å². The van der Waals surface area contributed by atoms with Crippen molar-refractivity contribution < 1.29 is 9.18 Å². The Morgan fingerprint density at radius 2 is 2.14 bits per heavy atom. The van der Waals surface area contributed by atoms with E-state index in [4.69, 9.17) is 11.6 Å². The molecule has 0 N–H and O–H groups in total. The normalized spacial score (nSPS) is 11.0. The average Bonchev–Trinajstić information content (AvgIpc) is 2.82. The maximum atomic E-state index is 12.9. The minimum absolute atomic E-state index is 0.0828. The van der Waals surface area contributed by atoms with Crippen LogP contribution >= 0.6 is 11.6 Å². The molecule has 0 atom stereocenters. The van der Waals surface area contributed by atoms with Crippen molar-refractivity contribution in [1.82, 2.24) is 14.5 Å². The highest BCUT2D eigenvalue weighted by molar-refractivity contribution is 6.35. The molecule has 0 amide bonds. The van der Waals surface area contributed by atoms with Gasteiger partial charge in [0, 0.05) is 12.4 Å². The first-order valence-corrected chi connectivity index (χ1v) is 6.69. The topological polar surface area (TPSA) is 47.8 Å². The van der Waals surface area contributed by atoms with Gasteiger partial charge < -0.3 is 4.57 Å². The zero-order chi connectivity index (χ0) is 15.0. The smallest absolute Gasteiger partial charge is 0.163 e. The molecule has 21 heavy (non-hydrogen) atoms. The standard InChI is InChI=1S/C15H11ClFN3O/c1-9(21)12-8-20(7-11-3-2-10(17)6-19-11)15-13(16)4-5-18-14(12)15/h2-6,8H,7H2,1H3. The molecule has 0 saturated heterocycles. The summed E-state index contributed by atoms with van der Waals surface area (Å²) in [6.07, 6.45) is 4.43. The van der Waals surface area contributed by atoms with Gasteiger partial charge in [0.15, 0.2) is 5.78 Å². The molecule has 3 aromatic heterocycles. The summed E-state index contributed by atoms with van der Waals surface area (Å²) in [5.74, 6) is -0.471. The van der Waals surface area contributed by atoms with E-state index in [2.05, 4.69) is 9.97 Å². The molecular weight excluding hydrogens is 293 g/mol. The fourth-order valence-electron chi connectivity index (χ4n) is 2.24. The molecule has 3 rings (SSSR count). The minimum Gasteiger partial charge on any atom is -0.338 e. The van der Waals surface area contributed by atoms with Crippen molar-refractivity contribution in [3.05, 3.63) is 58.9 Å². The van der Waals surface area contributed by atoms with Crippen molar-refractivity contribution in [2.75, 3.05) is 0 Å². The van der Waals surface area contributed by atoms with Crippen LogP contribution in [-0.2, 0) is 6.54 Å². The Bertz CT molecular complexity index is 827. The van der Waals surface area contributed by atoms with Gasteiger partial charge in [0.05, 0.1) is 34.5 Å². The molecule has 0 unspecified atom stereocenters. The molecule has 106 valence electrons. The van der Waals surface area contributed by atoms with Crippen LogP contribution in [0.4, 0.5) is 4.39 Å². The van der Waals surface area contributed by atoms with Crippen molar-refractivity contribution in [3.63, 3.8) is 0 Å². The Labute approximate surface area is 125 Å². The molecule has 0 saturated carbocycles. The van der Waals surface area contributed by atoms with Crippen molar-refractivity contribution in [2.45, 2.75) is 13.5 Å². The Morgan fingerprint density at radius 1 is 1.33 bits per heavy atom. The summed E-state index contributed by atoms with van der Waals surface area (Å²) >= 11 is 6.22. The molecule has 0 aliphatic rings. The van der Waals surface area contributed by atoms with Gasteiger partial charge >= 0.3 is 0 Å². The van der Waals surface area contributed by atoms with Gasteiger partial charge in [-0.1, -0.05) is 11.6 Å². The molecule has 3 aromatic rings. The number of ketones is 1. The Morgan fingerprint density at radius 3 is 2.81 bits per heavy atom. The van der Waals surface area contributed by atoms with Gasteiger partial charge in [-0.3, -0.25) is 14.8 Å². The summed E-state index contributed by atoms with van der Waals surface area (Å²) in [7, 11) is 0. The molecule has 0 fully saturated rings. The Balaban J connectivity index is 2.13. The van der Waals surface area contributed by atoms with Crippen LogP contribution in [-0.4, -0.2) is 20.3 Å². The number of rotatable bonds is 3. The summed E-state index contributed by atoms with van der Waals surface area (Å²) in [5.41, 5.74) is 2.42. The lowest BCUT2D eigenvalue weighted by Crippen LogP contribution is -2.01. The van der Waals surface area contributed by atoms with Gasteiger partial charge in [-0.05, 0) is 25.1 Å². The summed E-state index contributed by atoms with van der Waals surface area (Å²) < 4.78 is 14.7. The summed E-state index contributed by atoms with van der Waals surface area (Å²) in [6.45, 7) is 1.87. The lowest BCUT2D eigenvalue weighted by Gasteiger charge is -2.05. The minimum atomic E-state index is -0.389. The summed E-state index contributed by atoms with van der Waals surface area (Å²) in [4.78, 5) is 20.0. The zero-order valence-electron chi connectivity index (χ0n) is 11.2. The second-order valence-corrected chi connectivity index (χ2v) is 5.09. The van der Waals surface area contributed by atoms with Crippen LogP contribution in [0.25, 0.3) is 11.0 Å². The molecule has 4 nitrogen and oxygen atoms in total. The predicted molar refractivity (Wildman–Crippen MR) is 78.0 cm³/mol. The third-order valence-electron chi connectivity index (χ3n) is 3.20. The van der Waals surface area contributed by atoms with Crippen LogP contribution < -0.4 is 0 Å². The number of halogens is 2. The SMILES string of the molecule is CC(=O)c1cn(Cc2ccc(F)cn2)c2c(Cl)ccnc12. The number of Topliss-reactive ketones (excluding diaryl/α,β-unsaturated/α-hetero) is 1. The molecule has 0 radical (unpaired) electrons. The monoisotopic (exact) mass is 303 g/mol. The van der Waals surface area contributed by atoms with Crippen LogP contribution in [0.5, 0.6) is 0 Å². The quantitative estimate of drug-likeness (QED) is 0.696. The molecule has 0 spiro atoms. The van der Waals surface area contributed by atoms with E-state index in [-0.39, 0.29) is 11.6 Å². The molecule has 0 aliphatic heterocycles. The lowest BCUT2D eigenvalue weighted by atomic mass is 10.2. The predicted octanol–water partition coefficient (Wildman–Crippen LogP) is 3.47. The van der Waals surface area contributed by atoms with Crippen LogP contribution in [0.1, 0.15) is 23.0 Å². The second-order valence-electron chi connectivity index (χ2n) is 4.68. The largest absolute Gasteiger partial charge is 0.338 e. The summed E-state index contributed by atoms with van der Waals surface area (Å²) in [5, 5.41) is 0.509. The van der Waals surface area contributed by atoms with Crippen LogP contribution in [0.15, 0.2) is 36.8 Å². The highest BCUT2D eigenvalue weighted by atomic mass is 35.5. The van der Waals surface area contributed by atoms with E-state index in [0.29, 0.717) is 33.9 Å². The third kappa shape index (κ3) is 2.52. The number of aromatic nitrogens is 3. The average molecular weight is 304 g/mol. The van der Waals surface area contributed by atoms with Gasteiger partial charge in [-0.2, -0.15) is 0 Å². The van der Waals surface area contributed by atoms with Gasteiger partial charge in [0.2, 0.25) is 0 Å². The summed E-state index contributed by atoms with van der Waals surface area (Å²) in [6, 6.07) is 4.61. The van der Waals surface area contributed by atoms with Crippen LogP contribution in [0, 0.1) is 5.82 Å². The number of fused-ring (bicyclic) bond motifs is 1. The van der Waals surface area contributed by atoms with E-state index >= 15 is 0 Å². The van der Waals surface area contributed by atoms with Crippen molar-refractivity contribution in [2.24, 2.45) is 0 Å². The molecule has 6 heteroatoms. The van der Waals surface area contributed by atoms with Gasteiger partial charge in [0.25, 0.3) is 0 Å². The first-order valence-electron chi connectivity index (χ1n) is 6.31. The molecule has 0 aliphatic carbocycles. The number of hydrogen-bond donors (Lipinski definition) is 0. The number of carbonyl (C=O) groups is 1. The van der Waals surface area contributed by atoms with Gasteiger partial charge in [-0.15, -0.1) is 0 Å². The second kappa shape index (κ2) is 5.26. The highest BCUT2D eigenvalue weighted by Crippen LogP contribution is 2.27. The zero-order valence-corrected chi connectivity index (χ0v) is 11.9. The van der Waals surface area contributed by atoms with E-state index in [9.17, 15) is 9.18 Å². The van der Waals surface area contributed by atoms with Crippen molar-refractivity contribution >= 4 is 28.4 Å². The number of hydrogen-bond acceptors (Lipinski definition) is 3. The first-order chi connectivity index (χ1) is 10.1. The van der Waals surface area contributed by atoms with Crippen molar-refractivity contribution in [1.29, 1.82) is 0 Å². The fourth-order valence-corrected chi connectivity index (χ4v) is 2.49. The fraction of sp³-hybridized carbons (Fsp3) is 0.133. The lowest BCUT2D eigenvalue weighted by molar-refractivity contribution is 0.101. The van der Waals surface area contributed by atoms with Gasteiger partial charge in [-0.25, -0.2) is 4.39 Å². The highest BCUT2D eigenvalue weighted by Gasteiger charge is 2.16. The van der Waals surface area contributed by atoms with E-state index in [1.54, 1.807) is 24.5 Å². The Hall–Kier alpha value is -2.27. The number of pyridine rings is 2. The Kier molecular flexibility index (Phi) is 3.43. The number of nitrogens with zero attached hydrogens (tertiary/aromatic N) is 3. The molecular formula is C15H11ClFN3O. The molecule has 0 aromatic carbocycles. The van der Waals surface area contributed by atoms with Crippen molar-refractivity contribution in [3.8, 4) is 0 Å².